The van der Waals surface area contributed by atoms with Gasteiger partial charge in [0, 0.05) is 12.3 Å². The van der Waals surface area contributed by atoms with Gasteiger partial charge in [-0.25, -0.2) is 4.79 Å². The van der Waals surface area contributed by atoms with Crippen LogP contribution in [0.25, 0.3) is 0 Å². The summed E-state index contributed by atoms with van der Waals surface area (Å²) >= 11 is 0. The molecule has 3 rings (SSSR count). The summed E-state index contributed by atoms with van der Waals surface area (Å²) in [7, 11) is 0. The number of hydrogen-bond acceptors (Lipinski definition) is 13. The first-order valence-electron chi connectivity index (χ1n) is 15.8. The number of Topliss-reactive ketones (excluding diaryl/α,β-unsaturated/α-hetero) is 1. The van der Waals surface area contributed by atoms with Crippen LogP contribution in [0.1, 0.15) is 73.6 Å². The number of aliphatic hydroxyl groups excluding tert-OH is 5. The number of carbonyl (C=O) groups is 2. The Morgan fingerprint density at radius 2 is 1.64 bits per heavy atom. The number of carbonyl (C=O) groups excluding carboxylic acids is 2. The van der Waals surface area contributed by atoms with Gasteiger partial charge in [-0.15, -0.1) is 0 Å². The fourth-order valence-electron chi connectivity index (χ4n) is 6.14. The molecule has 1 saturated carbocycles. The van der Waals surface area contributed by atoms with Crippen molar-refractivity contribution < 1.29 is 58.8 Å². The lowest BCUT2D eigenvalue weighted by atomic mass is 9.74. The van der Waals surface area contributed by atoms with Crippen LogP contribution in [0.3, 0.4) is 0 Å². The molecule has 1 unspecified atom stereocenters. The fourth-order valence-corrected chi connectivity index (χ4v) is 6.14. The lowest BCUT2D eigenvalue weighted by Gasteiger charge is -2.48. The highest BCUT2D eigenvalue weighted by Crippen LogP contribution is 2.40. The van der Waals surface area contributed by atoms with Gasteiger partial charge in [0.15, 0.2) is 18.4 Å². The molecular weight excluding hydrogens is 580 g/mol. The van der Waals surface area contributed by atoms with Gasteiger partial charge in [0.2, 0.25) is 0 Å². The van der Waals surface area contributed by atoms with E-state index in [0.29, 0.717) is 6.42 Å². The molecule has 0 aromatic rings. The van der Waals surface area contributed by atoms with Crippen molar-refractivity contribution in [2.24, 2.45) is 23.5 Å². The Morgan fingerprint density at radius 1 is 0.977 bits per heavy atom. The number of aliphatic hydroxyl groups is 5. The van der Waals surface area contributed by atoms with E-state index in [1.54, 1.807) is 20.8 Å². The molecule has 2 aliphatic heterocycles. The summed E-state index contributed by atoms with van der Waals surface area (Å²) in [5.74, 6) is -1.44. The van der Waals surface area contributed by atoms with E-state index in [1.807, 2.05) is 20.8 Å². The van der Waals surface area contributed by atoms with Crippen molar-refractivity contribution in [3.05, 3.63) is 0 Å². The number of nitrogens with one attached hydrogen (secondary N) is 1. The first-order valence-corrected chi connectivity index (χ1v) is 15.8. The quantitative estimate of drug-likeness (QED) is 0.159. The molecule has 2 saturated heterocycles. The van der Waals surface area contributed by atoms with E-state index in [-0.39, 0.29) is 30.9 Å². The van der Waals surface area contributed by atoms with Crippen LogP contribution in [-0.2, 0) is 28.5 Å². The van der Waals surface area contributed by atoms with Crippen LogP contribution in [0, 0.1) is 17.8 Å². The molecule has 1 amide bonds. The van der Waals surface area contributed by atoms with Gasteiger partial charge in [0.05, 0.1) is 37.5 Å². The predicted molar refractivity (Wildman–Crippen MR) is 156 cm³/mol. The highest BCUT2D eigenvalue weighted by Gasteiger charge is 2.50. The molecule has 0 aromatic heterocycles. The van der Waals surface area contributed by atoms with Crippen molar-refractivity contribution in [2.75, 3.05) is 13.2 Å². The van der Waals surface area contributed by atoms with E-state index in [1.165, 1.54) is 0 Å². The molecular formula is C30H54N2O12. The minimum absolute atomic E-state index is 0.0366. The van der Waals surface area contributed by atoms with Gasteiger partial charge in [0.25, 0.3) is 0 Å². The number of hydrogen-bond donors (Lipinski definition) is 7. The molecule has 44 heavy (non-hydrogen) atoms. The third-order valence-electron chi connectivity index (χ3n) is 8.76. The maximum Gasteiger partial charge on any atom is 0.407 e. The molecule has 0 aromatic carbocycles. The zero-order valence-electron chi connectivity index (χ0n) is 26.7. The Kier molecular flexibility index (Phi) is 13.4. The molecule has 8 N–H and O–H groups in total. The largest absolute Gasteiger partial charge is 0.444 e. The topological polar surface area (TPSA) is 219 Å². The van der Waals surface area contributed by atoms with E-state index < -0.39 is 91.4 Å². The van der Waals surface area contributed by atoms with Crippen LogP contribution >= 0.6 is 0 Å². The SMILES string of the molecule is CC[C@@H]1CC[C@@H](C)[C@@H](OC2[C@@H](C)C[C@@H](CC(=O)[C@@H](O)CNC(=O)OC(C)(C)C)[C@H](O[C@H]3O[C@H](CO)[C@@H](O)[C@H](N)[C@H]3O)[C@H]2O)O1. The maximum atomic E-state index is 13.1. The molecule has 0 bridgehead atoms. The Labute approximate surface area is 259 Å². The Hall–Kier alpha value is -1.46. The van der Waals surface area contributed by atoms with Gasteiger partial charge in [-0.3, -0.25) is 4.79 Å². The zero-order valence-corrected chi connectivity index (χ0v) is 26.7. The Balaban J connectivity index is 1.78. The first kappa shape index (κ1) is 37.0. The van der Waals surface area contributed by atoms with Crippen LogP contribution in [0.15, 0.2) is 0 Å². The molecule has 14 nitrogen and oxygen atoms in total. The molecule has 0 spiro atoms. The van der Waals surface area contributed by atoms with Crippen molar-refractivity contribution in [1.82, 2.24) is 5.32 Å². The van der Waals surface area contributed by atoms with Gasteiger partial charge >= 0.3 is 6.09 Å². The normalized spacial score (nSPS) is 40.7. The minimum atomic E-state index is -1.55. The number of rotatable bonds is 11. The Bertz CT molecular complexity index is 932. The molecule has 0 radical (unpaired) electrons. The second-order valence-electron chi connectivity index (χ2n) is 13.6. The summed E-state index contributed by atoms with van der Waals surface area (Å²) in [4.78, 5) is 25.1. The van der Waals surface area contributed by atoms with E-state index in [4.69, 9.17) is 29.4 Å². The average molecular weight is 635 g/mol. The Morgan fingerprint density at radius 3 is 2.25 bits per heavy atom. The van der Waals surface area contributed by atoms with Crippen molar-refractivity contribution in [2.45, 2.75) is 147 Å². The lowest BCUT2D eigenvalue weighted by molar-refractivity contribution is -0.323. The standard InChI is InChI=1S/C30H54N2O12/c1-7-17-9-8-14(2)27(40-17)42-25-15(3)10-16(11-18(34)19(35)12-32-29(39)44-30(4,5)6)26(24(25)38)43-28-23(37)21(31)22(36)20(13-33)41-28/h14-17,19-28,33,35-38H,7-13,31H2,1-6H3,(H,32,39)/t14-,15+,16+,17-,19+,20-,21+,22-,23-,24+,25?,26+,27-,28-/m1/s1. The van der Waals surface area contributed by atoms with Crippen LogP contribution in [0.5, 0.6) is 0 Å². The van der Waals surface area contributed by atoms with Gasteiger partial charge < -0.3 is 60.3 Å². The van der Waals surface area contributed by atoms with Crippen LogP contribution in [0.2, 0.25) is 0 Å². The second kappa shape index (κ2) is 15.9. The molecule has 1 aliphatic carbocycles. The van der Waals surface area contributed by atoms with E-state index in [0.717, 1.165) is 19.3 Å². The highest BCUT2D eigenvalue weighted by atomic mass is 16.7. The molecule has 3 aliphatic rings. The van der Waals surface area contributed by atoms with E-state index in [9.17, 15) is 35.1 Å². The number of alkyl carbamates (subject to hydrolysis) is 1. The summed E-state index contributed by atoms with van der Waals surface area (Å²) in [5.41, 5.74) is 5.22. The smallest absolute Gasteiger partial charge is 0.407 e. The summed E-state index contributed by atoms with van der Waals surface area (Å²) in [6, 6.07) is -1.21. The zero-order chi connectivity index (χ0) is 32.9. The molecule has 14 atom stereocenters. The summed E-state index contributed by atoms with van der Waals surface area (Å²) < 4.78 is 29.4. The second-order valence-corrected chi connectivity index (χ2v) is 13.6. The fraction of sp³-hybridized carbons (Fsp3) is 0.933. The van der Waals surface area contributed by atoms with Crippen molar-refractivity contribution in [3.63, 3.8) is 0 Å². The minimum Gasteiger partial charge on any atom is -0.444 e. The summed E-state index contributed by atoms with van der Waals surface area (Å²) in [5, 5.41) is 55.3. The van der Waals surface area contributed by atoms with Crippen molar-refractivity contribution in [3.8, 4) is 0 Å². The number of ether oxygens (including phenoxy) is 5. The highest BCUT2D eigenvalue weighted by molar-refractivity contribution is 5.84. The van der Waals surface area contributed by atoms with Crippen molar-refractivity contribution in [1.29, 1.82) is 0 Å². The van der Waals surface area contributed by atoms with Crippen LogP contribution in [-0.4, -0.2) is 124 Å². The van der Waals surface area contributed by atoms with Crippen LogP contribution < -0.4 is 11.1 Å². The van der Waals surface area contributed by atoms with E-state index >= 15 is 0 Å². The molecule has 14 heteroatoms. The summed E-state index contributed by atoms with van der Waals surface area (Å²) in [6.07, 6.45) is -8.76. The molecule has 3 fully saturated rings. The van der Waals surface area contributed by atoms with E-state index in [2.05, 4.69) is 5.32 Å². The monoisotopic (exact) mass is 634 g/mol. The summed E-state index contributed by atoms with van der Waals surface area (Å²) in [6.45, 7) is 10.0. The third kappa shape index (κ3) is 9.53. The van der Waals surface area contributed by atoms with Gasteiger partial charge in [-0.05, 0) is 58.3 Å². The van der Waals surface area contributed by atoms with Crippen LogP contribution in [0.4, 0.5) is 4.79 Å². The van der Waals surface area contributed by atoms with Gasteiger partial charge in [-0.1, -0.05) is 20.8 Å². The first-order chi connectivity index (χ1) is 20.6. The molecule has 256 valence electrons. The van der Waals surface area contributed by atoms with Gasteiger partial charge in [0.1, 0.15) is 36.1 Å². The predicted octanol–water partition coefficient (Wildman–Crippen LogP) is -0.0640. The van der Waals surface area contributed by atoms with Crippen molar-refractivity contribution >= 4 is 11.9 Å². The lowest BCUT2D eigenvalue weighted by Crippen LogP contribution is -2.64. The average Bonchev–Trinajstić information content (AvgIpc) is 2.95. The molecule has 2 heterocycles. The number of amides is 1. The third-order valence-corrected chi connectivity index (χ3v) is 8.76. The number of ketones is 1. The number of nitrogens with two attached hydrogens (primary N) is 1. The maximum absolute atomic E-state index is 13.1. The van der Waals surface area contributed by atoms with Gasteiger partial charge in [-0.2, -0.15) is 0 Å².